The van der Waals surface area contributed by atoms with Crippen LogP contribution in [0, 0.1) is 0 Å². The van der Waals surface area contributed by atoms with E-state index in [0.29, 0.717) is 5.69 Å². The SMILES string of the molecule is CCCN(CCC)C(=O)Cn1cc(CC(N)C(=O)O)nn1. The number of amides is 1. The summed E-state index contributed by atoms with van der Waals surface area (Å²) < 4.78 is 1.42. The van der Waals surface area contributed by atoms with Crippen molar-refractivity contribution in [1.29, 1.82) is 0 Å². The number of nitrogens with two attached hydrogens (primary N) is 1. The maximum Gasteiger partial charge on any atom is 0.320 e. The van der Waals surface area contributed by atoms with Gasteiger partial charge in [0, 0.05) is 25.7 Å². The third-order valence-corrected chi connectivity index (χ3v) is 2.97. The minimum atomic E-state index is -1.09. The van der Waals surface area contributed by atoms with Gasteiger partial charge in [0.2, 0.25) is 5.91 Å². The van der Waals surface area contributed by atoms with Crippen molar-refractivity contribution in [3.8, 4) is 0 Å². The zero-order chi connectivity index (χ0) is 15.8. The molecule has 0 saturated heterocycles. The molecular formula is C13H23N5O3. The summed E-state index contributed by atoms with van der Waals surface area (Å²) >= 11 is 0. The molecule has 0 aliphatic carbocycles. The van der Waals surface area contributed by atoms with Crippen molar-refractivity contribution < 1.29 is 14.7 Å². The molecule has 0 aromatic carbocycles. The molecule has 0 radical (unpaired) electrons. The van der Waals surface area contributed by atoms with Crippen molar-refractivity contribution in [1.82, 2.24) is 19.9 Å². The Morgan fingerprint density at radius 2 is 2.00 bits per heavy atom. The number of carbonyl (C=O) groups excluding carboxylic acids is 1. The van der Waals surface area contributed by atoms with E-state index in [-0.39, 0.29) is 18.9 Å². The first-order chi connectivity index (χ1) is 9.97. The van der Waals surface area contributed by atoms with E-state index < -0.39 is 12.0 Å². The van der Waals surface area contributed by atoms with Crippen molar-refractivity contribution >= 4 is 11.9 Å². The van der Waals surface area contributed by atoms with Gasteiger partial charge in [-0.1, -0.05) is 19.1 Å². The second-order valence-corrected chi connectivity index (χ2v) is 4.94. The Hall–Kier alpha value is -1.96. The molecule has 1 rings (SSSR count). The largest absolute Gasteiger partial charge is 0.480 e. The fourth-order valence-electron chi connectivity index (χ4n) is 1.96. The van der Waals surface area contributed by atoms with Crippen molar-refractivity contribution in [3.63, 3.8) is 0 Å². The van der Waals surface area contributed by atoms with Crippen LogP contribution in [0.3, 0.4) is 0 Å². The summed E-state index contributed by atoms with van der Waals surface area (Å²) in [7, 11) is 0. The summed E-state index contributed by atoms with van der Waals surface area (Å²) in [6.45, 7) is 5.60. The number of hydrogen-bond acceptors (Lipinski definition) is 5. The number of carboxylic acid groups (broad SMARTS) is 1. The highest BCUT2D eigenvalue weighted by atomic mass is 16.4. The number of aliphatic carboxylic acids is 1. The number of nitrogens with zero attached hydrogens (tertiary/aromatic N) is 4. The van der Waals surface area contributed by atoms with Gasteiger partial charge in [-0.15, -0.1) is 5.10 Å². The Kier molecular flexibility index (Phi) is 6.80. The van der Waals surface area contributed by atoms with Gasteiger partial charge in [-0.3, -0.25) is 9.59 Å². The van der Waals surface area contributed by atoms with Crippen LogP contribution in [0.1, 0.15) is 32.4 Å². The molecule has 21 heavy (non-hydrogen) atoms. The topological polar surface area (TPSA) is 114 Å². The smallest absolute Gasteiger partial charge is 0.320 e. The molecule has 8 nitrogen and oxygen atoms in total. The molecule has 118 valence electrons. The van der Waals surface area contributed by atoms with Crippen molar-refractivity contribution in [2.75, 3.05) is 13.1 Å². The molecule has 8 heteroatoms. The van der Waals surface area contributed by atoms with Crippen molar-refractivity contribution in [2.24, 2.45) is 5.73 Å². The lowest BCUT2D eigenvalue weighted by molar-refractivity contribution is -0.138. The van der Waals surface area contributed by atoms with Crippen LogP contribution in [-0.4, -0.2) is 56.0 Å². The first-order valence-electron chi connectivity index (χ1n) is 7.13. The van der Waals surface area contributed by atoms with Gasteiger partial charge in [-0.05, 0) is 12.8 Å². The standard InChI is InChI=1S/C13H23N5O3/c1-3-5-17(6-4-2)12(19)9-18-8-10(15-16-18)7-11(14)13(20)21/h8,11H,3-7,9,14H2,1-2H3,(H,20,21). The molecule has 0 spiro atoms. The Bertz CT molecular complexity index is 468. The van der Waals surface area contributed by atoms with Crippen LogP contribution in [0.4, 0.5) is 0 Å². The molecule has 1 heterocycles. The fourth-order valence-corrected chi connectivity index (χ4v) is 1.96. The van der Waals surface area contributed by atoms with Gasteiger partial charge >= 0.3 is 5.97 Å². The van der Waals surface area contributed by atoms with Gasteiger partial charge in [0.15, 0.2) is 0 Å². The molecule has 0 saturated carbocycles. The van der Waals surface area contributed by atoms with E-state index >= 15 is 0 Å². The minimum Gasteiger partial charge on any atom is -0.480 e. The number of carboxylic acids is 1. The van der Waals surface area contributed by atoms with Crippen LogP contribution in [0.15, 0.2) is 6.20 Å². The van der Waals surface area contributed by atoms with Gasteiger partial charge < -0.3 is 15.7 Å². The number of carbonyl (C=O) groups is 2. The third kappa shape index (κ3) is 5.50. The Morgan fingerprint density at radius 3 is 2.52 bits per heavy atom. The average molecular weight is 297 g/mol. The van der Waals surface area contributed by atoms with Gasteiger partial charge in [-0.2, -0.15) is 0 Å². The zero-order valence-electron chi connectivity index (χ0n) is 12.5. The van der Waals surface area contributed by atoms with Crippen LogP contribution in [0.25, 0.3) is 0 Å². The summed E-state index contributed by atoms with van der Waals surface area (Å²) in [5.74, 6) is -1.10. The maximum absolute atomic E-state index is 12.2. The van der Waals surface area contributed by atoms with Crippen LogP contribution in [-0.2, 0) is 22.6 Å². The highest BCUT2D eigenvalue weighted by molar-refractivity contribution is 5.76. The lowest BCUT2D eigenvalue weighted by Crippen LogP contribution is -2.35. The van der Waals surface area contributed by atoms with Crippen molar-refractivity contribution in [2.45, 2.75) is 45.7 Å². The highest BCUT2D eigenvalue weighted by Gasteiger charge is 2.16. The normalized spacial score (nSPS) is 12.1. The Morgan fingerprint density at radius 1 is 1.38 bits per heavy atom. The van der Waals surface area contributed by atoms with Gasteiger partial charge in [0.25, 0.3) is 0 Å². The maximum atomic E-state index is 12.2. The highest BCUT2D eigenvalue weighted by Crippen LogP contribution is 2.01. The van der Waals surface area contributed by atoms with E-state index in [1.54, 1.807) is 11.1 Å². The summed E-state index contributed by atoms with van der Waals surface area (Å²) in [5.41, 5.74) is 5.90. The van der Waals surface area contributed by atoms with Gasteiger partial charge in [0.05, 0.1) is 5.69 Å². The second kappa shape index (κ2) is 8.35. The molecule has 1 atom stereocenters. The van der Waals surface area contributed by atoms with E-state index in [4.69, 9.17) is 10.8 Å². The summed E-state index contributed by atoms with van der Waals surface area (Å²) in [4.78, 5) is 24.6. The predicted molar refractivity (Wildman–Crippen MR) is 76.5 cm³/mol. The molecule has 1 amide bonds. The first-order valence-corrected chi connectivity index (χ1v) is 7.13. The van der Waals surface area contributed by atoms with E-state index in [9.17, 15) is 9.59 Å². The monoisotopic (exact) mass is 297 g/mol. The lowest BCUT2D eigenvalue weighted by Gasteiger charge is -2.21. The zero-order valence-corrected chi connectivity index (χ0v) is 12.5. The summed E-state index contributed by atoms with van der Waals surface area (Å²) in [6.07, 6.45) is 3.47. The van der Waals surface area contributed by atoms with Crippen LogP contribution in [0.5, 0.6) is 0 Å². The van der Waals surface area contributed by atoms with Gasteiger partial charge in [-0.25, -0.2) is 4.68 Å². The van der Waals surface area contributed by atoms with Crippen LogP contribution < -0.4 is 5.73 Å². The summed E-state index contributed by atoms with van der Waals surface area (Å²) in [6, 6.07) is -1.01. The average Bonchev–Trinajstić information content (AvgIpc) is 2.85. The van der Waals surface area contributed by atoms with E-state index in [2.05, 4.69) is 10.3 Å². The molecule has 0 aliphatic rings. The fraction of sp³-hybridized carbons (Fsp3) is 0.692. The van der Waals surface area contributed by atoms with E-state index in [1.165, 1.54) is 4.68 Å². The molecule has 0 bridgehead atoms. The lowest BCUT2D eigenvalue weighted by atomic mass is 10.2. The van der Waals surface area contributed by atoms with Crippen molar-refractivity contribution in [3.05, 3.63) is 11.9 Å². The summed E-state index contributed by atoms with van der Waals surface area (Å²) in [5, 5.41) is 16.4. The molecule has 1 unspecified atom stereocenters. The minimum absolute atomic E-state index is 0.0160. The van der Waals surface area contributed by atoms with Gasteiger partial charge in [0.1, 0.15) is 12.6 Å². The molecule has 1 aromatic rings. The van der Waals surface area contributed by atoms with Crippen LogP contribution in [0.2, 0.25) is 0 Å². The molecule has 0 fully saturated rings. The second-order valence-electron chi connectivity index (χ2n) is 4.94. The van der Waals surface area contributed by atoms with E-state index in [1.807, 2.05) is 13.8 Å². The first kappa shape index (κ1) is 17.1. The van der Waals surface area contributed by atoms with Crippen LogP contribution >= 0.6 is 0 Å². The number of hydrogen-bond donors (Lipinski definition) is 2. The molecule has 3 N–H and O–H groups in total. The third-order valence-electron chi connectivity index (χ3n) is 2.97. The molecule has 0 aliphatic heterocycles. The molecule has 1 aromatic heterocycles. The predicted octanol–water partition coefficient (Wildman–Crippen LogP) is -0.119. The molecular weight excluding hydrogens is 274 g/mol. The quantitative estimate of drug-likeness (QED) is 0.657. The Labute approximate surface area is 123 Å². The van der Waals surface area contributed by atoms with E-state index in [0.717, 1.165) is 25.9 Å². The Balaban J connectivity index is 2.60. The number of rotatable bonds is 9. The number of aromatic nitrogens is 3.